The summed E-state index contributed by atoms with van der Waals surface area (Å²) in [5.41, 5.74) is 0.000138. The van der Waals surface area contributed by atoms with Gasteiger partial charge in [-0.05, 0) is 63.4 Å². The molecule has 4 heteroatoms. The summed E-state index contributed by atoms with van der Waals surface area (Å²) in [6.07, 6.45) is 4.74. The highest BCUT2D eigenvalue weighted by Gasteiger charge is 2.44. The van der Waals surface area contributed by atoms with Gasteiger partial charge >= 0.3 is 0 Å². The average molecular weight is 347 g/mol. The Morgan fingerprint density at radius 2 is 2.12 bits per heavy atom. The highest BCUT2D eigenvalue weighted by atomic mass is 16.5. The summed E-state index contributed by atoms with van der Waals surface area (Å²) in [7, 11) is 5.74. The molecule has 1 fully saturated rings. The topological polar surface area (TPSA) is 49.8 Å². The van der Waals surface area contributed by atoms with E-state index in [1.165, 1.54) is 0 Å². The Hall–Kier alpha value is -1.39. The molecule has 0 saturated heterocycles. The van der Waals surface area contributed by atoms with Gasteiger partial charge in [-0.3, -0.25) is 4.79 Å². The van der Waals surface area contributed by atoms with Gasteiger partial charge in [-0.2, -0.15) is 0 Å². The first-order valence-corrected chi connectivity index (χ1v) is 9.42. The lowest BCUT2D eigenvalue weighted by molar-refractivity contribution is -0.122. The van der Waals surface area contributed by atoms with E-state index in [0.717, 1.165) is 37.1 Å². The minimum atomic E-state index is -0.909. The van der Waals surface area contributed by atoms with Gasteiger partial charge in [0.15, 0.2) is 0 Å². The number of carbonyl (C=O) groups excluding carboxylic acids is 1. The normalized spacial score (nSPS) is 26.6. The van der Waals surface area contributed by atoms with Gasteiger partial charge in [0.05, 0.1) is 12.7 Å². The van der Waals surface area contributed by atoms with Crippen LogP contribution in [0.3, 0.4) is 0 Å². The maximum absolute atomic E-state index is 12.1. The van der Waals surface area contributed by atoms with Crippen molar-refractivity contribution in [3.63, 3.8) is 0 Å². The number of hydrogen-bond donors (Lipinski definition) is 1. The average Bonchev–Trinajstić information content (AvgIpc) is 2.57. The van der Waals surface area contributed by atoms with Crippen LogP contribution in [0.25, 0.3) is 0 Å². The summed E-state index contributed by atoms with van der Waals surface area (Å²) < 4.78 is 5.35. The Morgan fingerprint density at radius 3 is 2.76 bits per heavy atom. The fraction of sp³-hybridized carbons (Fsp3) is 0.667. The molecule has 0 bridgehead atoms. The maximum Gasteiger partial charge on any atom is 0.133 e. The lowest BCUT2D eigenvalue weighted by Gasteiger charge is -2.45. The van der Waals surface area contributed by atoms with Gasteiger partial charge < -0.3 is 14.7 Å². The Bertz CT molecular complexity index is 572. The third-order valence-electron chi connectivity index (χ3n) is 5.40. The molecule has 0 radical (unpaired) electrons. The van der Waals surface area contributed by atoms with Gasteiger partial charge in [0.1, 0.15) is 11.5 Å². The first-order chi connectivity index (χ1) is 11.9. The molecule has 1 aromatic carbocycles. The molecule has 0 heterocycles. The fourth-order valence-electron chi connectivity index (χ4n) is 4.19. The Labute approximate surface area is 152 Å². The van der Waals surface area contributed by atoms with E-state index >= 15 is 0 Å². The van der Waals surface area contributed by atoms with Crippen molar-refractivity contribution < 1.29 is 14.6 Å². The zero-order chi connectivity index (χ0) is 18.4. The number of ether oxygens (including phenoxy) is 1. The van der Waals surface area contributed by atoms with E-state index < -0.39 is 5.60 Å². The van der Waals surface area contributed by atoms with Crippen LogP contribution in [-0.4, -0.2) is 43.5 Å². The van der Waals surface area contributed by atoms with Crippen molar-refractivity contribution in [2.24, 2.45) is 11.8 Å². The lowest BCUT2D eigenvalue weighted by Crippen LogP contribution is -2.45. The standard InChI is InChI=1S/C21H33NO3/c1-5-7-19(23)12-16-10-11-18(15-22(2)3)21(24,14-16)17-8-6-9-20(13-17)25-4/h6,8-9,13,16,18,24H,5,7,10-12,14-15H2,1-4H3. The Kier molecular flexibility index (Phi) is 7.03. The maximum atomic E-state index is 12.1. The summed E-state index contributed by atoms with van der Waals surface area (Å²) in [5, 5.41) is 11.7. The Balaban J connectivity index is 2.26. The number of rotatable bonds is 8. The van der Waals surface area contributed by atoms with Crippen LogP contribution in [-0.2, 0) is 10.4 Å². The van der Waals surface area contributed by atoms with Crippen LogP contribution in [0.4, 0.5) is 0 Å². The van der Waals surface area contributed by atoms with E-state index in [4.69, 9.17) is 4.74 Å². The number of nitrogens with zero attached hydrogens (tertiary/aromatic N) is 1. The predicted octanol–water partition coefficient (Wildman–Crippen LogP) is 3.62. The second kappa shape index (κ2) is 8.81. The van der Waals surface area contributed by atoms with E-state index in [0.29, 0.717) is 25.0 Å². The van der Waals surface area contributed by atoms with E-state index in [1.807, 2.05) is 45.3 Å². The van der Waals surface area contributed by atoms with Gasteiger partial charge in [0, 0.05) is 25.3 Å². The van der Waals surface area contributed by atoms with Crippen molar-refractivity contribution in [3.8, 4) is 5.75 Å². The van der Waals surface area contributed by atoms with Crippen LogP contribution in [0.5, 0.6) is 5.75 Å². The number of hydrogen-bond acceptors (Lipinski definition) is 4. The van der Waals surface area contributed by atoms with Crippen LogP contribution in [0.2, 0.25) is 0 Å². The van der Waals surface area contributed by atoms with E-state index in [9.17, 15) is 9.90 Å². The molecule has 0 aromatic heterocycles. The molecule has 0 amide bonds. The zero-order valence-corrected chi connectivity index (χ0v) is 16.1. The summed E-state index contributed by atoms with van der Waals surface area (Å²) in [5.74, 6) is 1.51. The highest BCUT2D eigenvalue weighted by Crippen LogP contribution is 2.46. The monoisotopic (exact) mass is 347 g/mol. The zero-order valence-electron chi connectivity index (χ0n) is 16.1. The lowest BCUT2D eigenvalue weighted by atomic mass is 9.66. The first kappa shape index (κ1) is 19.9. The molecule has 1 aromatic rings. The molecule has 25 heavy (non-hydrogen) atoms. The summed E-state index contributed by atoms with van der Waals surface area (Å²) in [6, 6.07) is 7.77. The van der Waals surface area contributed by atoms with E-state index in [2.05, 4.69) is 4.90 Å². The van der Waals surface area contributed by atoms with E-state index in [-0.39, 0.29) is 11.8 Å². The molecular weight excluding hydrogens is 314 g/mol. The van der Waals surface area contributed by atoms with Crippen molar-refractivity contribution in [1.82, 2.24) is 4.90 Å². The molecule has 2 rings (SSSR count). The van der Waals surface area contributed by atoms with Gasteiger partial charge in [0.2, 0.25) is 0 Å². The second-order valence-corrected chi connectivity index (χ2v) is 7.76. The summed E-state index contributed by atoms with van der Waals surface area (Å²) in [4.78, 5) is 14.2. The number of aliphatic hydroxyl groups is 1. The molecular formula is C21H33NO3. The van der Waals surface area contributed by atoms with Crippen LogP contribution in [0.1, 0.15) is 51.0 Å². The molecule has 1 aliphatic carbocycles. The van der Waals surface area contributed by atoms with Crippen molar-refractivity contribution in [3.05, 3.63) is 29.8 Å². The van der Waals surface area contributed by atoms with Gasteiger partial charge in [-0.25, -0.2) is 0 Å². The van der Waals surface area contributed by atoms with E-state index in [1.54, 1.807) is 7.11 Å². The molecule has 140 valence electrons. The summed E-state index contributed by atoms with van der Waals surface area (Å²) >= 11 is 0. The molecule has 1 aliphatic rings. The molecule has 3 atom stereocenters. The quantitative estimate of drug-likeness (QED) is 0.780. The van der Waals surface area contributed by atoms with Crippen molar-refractivity contribution in [1.29, 1.82) is 0 Å². The fourth-order valence-corrected chi connectivity index (χ4v) is 4.19. The largest absolute Gasteiger partial charge is 0.497 e. The van der Waals surface area contributed by atoms with Crippen molar-refractivity contribution in [2.45, 2.75) is 51.0 Å². The minimum Gasteiger partial charge on any atom is -0.497 e. The third-order valence-corrected chi connectivity index (χ3v) is 5.40. The molecule has 0 spiro atoms. The number of ketones is 1. The second-order valence-electron chi connectivity index (χ2n) is 7.76. The number of benzene rings is 1. The van der Waals surface area contributed by atoms with Gasteiger partial charge in [0.25, 0.3) is 0 Å². The van der Waals surface area contributed by atoms with Crippen LogP contribution in [0.15, 0.2) is 24.3 Å². The van der Waals surface area contributed by atoms with Crippen LogP contribution < -0.4 is 4.74 Å². The van der Waals surface area contributed by atoms with Gasteiger partial charge in [-0.15, -0.1) is 0 Å². The number of methoxy groups -OCH3 is 1. The smallest absolute Gasteiger partial charge is 0.133 e. The molecule has 0 aliphatic heterocycles. The third kappa shape index (κ3) is 5.05. The summed E-state index contributed by atoms with van der Waals surface area (Å²) in [6.45, 7) is 2.88. The molecule has 1 saturated carbocycles. The number of Topliss-reactive ketones (excluding diaryl/α,β-unsaturated/α-hetero) is 1. The van der Waals surface area contributed by atoms with Crippen LogP contribution >= 0.6 is 0 Å². The molecule has 4 nitrogen and oxygen atoms in total. The Morgan fingerprint density at radius 1 is 1.36 bits per heavy atom. The van der Waals surface area contributed by atoms with Crippen molar-refractivity contribution >= 4 is 5.78 Å². The first-order valence-electron chi connectivity index (χ1n) is 9.42. The van der Waals surface area contributed by atoms with Crippen molar-refractivity contribution in [2.75, 3.05) is 27.7 Å². The van der Waals surface area contributed by atoms with Crippen LogP contribution in [0, 0.1) is 11.8 Å². The predicted molar refractivity (Wildman–Crippen MR) is 101 cm³/mol. The number of carbonyl (C=O) groups is 1. The molecule has 1 N–H and O–H groups in total. The minimum absolute atomic E-state index is 0.159. The highest BCUT2D eigenvalue weighted by molar-refractivity contribution is 5.78. The molecule has 3 unspecified atom stereocenters. The SMILES string of the molecule is CCCC(=O)CC1CCC(CN(C)C)C(O)(c2cccc(OC)c2)C1. The van der Waals surface area contributed by atoms with Gasteiger partial charge in [-0.1, -0.05) is 19.1 Å².